The van der Waals surface area contributed by atoms with Gasteiger partial charge in [0.05, 0.1) is 0 Å². The van der Waals surface area contributed by atoms with Crippen LogP contribution in [0.3, 0.4) is 0 Å². The number of benzene rings is 1. The molecule has 1 aliphatic carbocycles. The van der Waals surface area contributed by atoms with Crippen LogP contribution in [0.5, 0.6) is 0 Å². The van der Waals surface area contributed by atoms with E-state index in [-0.39, 0.29) is 18.9 Å². The van der Waals surface area contributed by atoms with Crippen molar-refractivity contribution in [1.29, 1.82) is 0 Å². The fourth-order valence-corrected chi connectivity index (χ4v) is 3.99. The molecule has 2 fully saturated rings. The van der Waals surface area contributed by atoms with Crippen LogP contribution in [0.2, 0.25) is 0 Å². The van der Waals surface area contributed by atoms with Crippen LogP contribution in [0, 0.1) is 13.8 Å². The van der Waals surface area contributed by atoms with E-state index in [0.29, 0.717) is 24.9 Å². The van der Waals surface area contributed by atoms with Gasteiger partial charge in [0.15, 0.2) is 6.10 Å². The van der Waals surface area contributed by atoms with Crippen molar-refractivity contribution in [2.45, 2.75) is 70.9 Å². The predicted molar refractivity (Wildman–Crippen MR) is 111 cm³/mol. The third-order valence-corrected chi connectivity index (χ3v) is 5.79. The smallest absolute Gasteiger partial charge is 0.325 e. The Balaban J connectivity index is 1.44. The lowest BCUT2D eigenvalue weighted by Gasteiger charge is -2.20. The van der Waals surface area contributed by atoms with E-state index in [9.17, 15) is 19.2 Å². The summed E-state index contributed by atoms with van der Waals surface area (Å²) in [6, 6.07) is 5.33. The van der Waals surface area contributed by atoms with Crippen molar-refractivity contribution in [1.82, 2.24) is 10.2 Å². The Kier molecular flexibility index (Phi) is 6.43. The lowest BCUT2D eigenvalue weighted by molar-refractivity contribution is -0.153. The molecule has 30 heavy (non-hydrogen) atoms. The number of carbonyl (C=O) groups is 4. The molecule has 0 aromatic heterocycles. The van der Waals surface area contributed by atoms with Gasteiger partial charge in [-0.1, -0.05) is 25.0 Å². The number of hydrogen-bond donors (Lipinski definition) is 2. The summed E-state index contributed by atoms with van der Waals surface area (Å²) in [4.78, 5) is 50.4. The molecule has 1 aliphatic heterocycles. The van der Waals surface area contributed by atoms with Gasteiger partial charge in [-0.05, 0) is 57.2 Å². The first-order valence-corrected chi connectivity index (χ1v) is 10.4. The summed E-state index contributed by atoms with van der Waals surface area (Å²) in [6.07, 6.45) is 2.55. The monoisotopic (exact) mass is 415 g/mol. The molecule has 1 saturated carbocycles. The molecule has 1 spiro atoms. The minimum atomic E-state index is -0.948. The first-order chi connectivity index (χ1) is 14.2. The Morgan fingerprint density at radius 3 is 2.63 bits per heavy atom. The van der Waals surface area contributed by atoms with Crippen LogP contribution in [-0.4, -0.2) is 46.9 Å². The van der Waals surface area contributed by atoms with Crippen LogP contribution in [0.15, 0.2) is 18.2 Å². The maximum atomic E-state index is 12.6. The quantitative estimate of drug-likeness (QED) is 0.526. The molecule has 162 valence electrons. The molecule has 1 aromatic rings. The number of amides is 4. The molecule has 4 amide bonds. The molecule has 0 unspecified atom stereocenters. The molecule has 8 heteroatoms. The van der Waals surface area contributed by atoms with E-state index in [1.807, 2.05) is 32.0 Å². The maximum absolute atomic E-state index is 12.6. The van der Waals surface area contributed by atoms with Gasteiger partial charge in [0.2, 0.25) is 0 Å². The third kappa shape index (κ3) is 4.63. The highest BCUT2D eigenvalue weighted by atomic mass is 16.5. The molecule has 8 nitrogen and oxygen atoms in total. The fourth-order valence-electron chi connectivity index (χ4n) is 3.99. The first-order valence-electron chi connectivity index (χ1n) is 10.4. The number of imide groups is 1. The molecule has 1 aromatic carbocycles. The number of nitrogens with zero attached hydrogens (tertiary/aromatic N) is 1. The molecule has 2 aliphatic rings. The Morgan fingerprint density at radius 2 is 1.93 bits per heavy atom. The third-order valence-electron chi connectivity index (χ3n) is 5.79. The summed E-state index contributed by atoms with van der Waals surface area (Å²) < 4.78 is 5.21. The van der Waals surface area contributed by atoms with Gasteiger partial charge >= 0.3 is 12.0 Å². The molecule has 3 rings (SSSR count). The lowest BCUT2D eigenvalue weighted by Crippen LogP contribution is -2.44. The summed E-state index contributed by atoms with van der Waals surface area (Å²) in [7, 11) is 0. The number of nitrogens with one attached hydrogen (secondary N) is 2. The number of esters is 1. The van der Waals surface area contributed by atoms with Crippen LogP contribution in [0.25, 0.3) is 0 Å². The number of carbonyl (C=O) groups excluding carboxylic acids is 4. The lowest BCUT2D eigenvalue weighted by atomic mass is 9.98. The second-order valence-corrected chi connectivity index (χ2v) is 8.22. The number of ether oxygens (including phenoxy) is 1. The van der Waals surface area contributed by atoms with Gasteiger partial charge in [0.25, 0.3) is 11.8 Å². The second kappa shape index (κ2) is 8.85. The molecule has 1 heterocycles. The molecule has 0 radical (unpaired) electrons. The fraction of sp³-hybridized carbons (Fsp3) is 0.545. The standard InChI is InChI=1S/C22H29N3O5/c1-14-8-9-15(2)17(13-14)23-19(27)16(3)30-18(26)7-6-12-25-20(28)22(24-21(25)29)10-4-5-11-22/h8-9,13,16H,4-7,10-12H2,1-3H3,(H,23,27)(H,24,29)/t16-/m0/s1. The Hall–Kier alpha value is -2.90. The van der Waals surface area contributed by atoms with Crippen LogP contribution in [0.1, 0.15) is 56.6 Å². The summed E-state index contributed by atoms with van der Waals surface area (Å²) in [5.41, 5.74) is 1.88. The number of anilines is 1. The van der Waals surface area contributed by atoms with Crippen LogP contribution < -0.4 is 10.6 Å². The molecular formula is C22H29N3O5. The highest BCUT2D eigenvalue weighted by molar-refractivity contribution is 6.07. The summed E-state index contributed by atoms with van der Waals surface area (Å²) >= 11 is 0. The van der Waals surface area contributed by atoms with Gasteiger partial charge in [-0.25, -0.2) is 4.79 Å². The van der Waals surface area contributed by atoms with Gasteiger partial charge < -0.3 is 15.4 Å². The predicted octanol–water partition coefficient (Wildman–Crippen LogP) is 2.82. The average Bonchev–Trinajstić information content (AvgIpc) is 3.25. The van der Waals surface area contributed by atoms with Gasteiger partial charge in [-0.15, -0.1) is 0 Å². The Morgan fingerprint density at radius 1 is 1.23 bits per heavy atom. The molecule has 2 N–H and O–H groups in total. The van der Waals surface area contributed by atoms with Gasteiger partial charge in [0, 0.05) is 18.7 Å². The average molecular weight is 415 g/mol. The van der Waals surface area contributed by atoms with Crippen molar-refractivity contribution in [2.24, 2.45) is 0 Å². The van der Waals surface area contributed by atoms with Gasteiger partial charge in [-0.2, -0.15) is 0 Å². The topological polar surface area (TPSA) is 105 Å². The Labute approximate surface area is 176 Å². The minimum Gasteiger partial charge on any atom is -0.453 e. The van der Waals surface area contributed by atoms with Gasteiger partial charge in [0.1, 0.15) is 5.54 Å². The summed E-state index contributed by atoms with van der Waals surface area (Å²) in [5, 5.41) is 5.59. The van der Waals surface area contributed by atoms with Gasteiger partial charge in [-0.3, -0.25) is 19.3 Å². The zero-order chi connectivity index (χ0) is 21.9. The Bertz CT molecular complexity index is 860. The normalized spacial score (nSPS) is 18.4. The highest BCUT2D eigenvalue weighted by Crippen LogP contribution is 2.35. The zero-order valence-electron chi connectivity index (χ0n) is 17.7. The summed E-state index contributed by atoms with van der Waals surface area (Å²) in [6.45, 7) is 5.49. The van der Waals surface area contributed by atoms with Crippen molar-refractivity contribution < 1.29 is 23.9 Å². The number of urea groups is 1. The van der Waals surface area contributed by atoms with E-state index in [0.717, 1.165) is 24.0 Å². The summed E-state index contributed by atoms with van der Waals surface area (Å²) in [5.74, 6) is -1.14. The van der Waals surface area contributed by atoms with E-state index < -0.39 is 29.6 Å². The van der Waals surface area contributed by atoms with Crippen molar-refractivity contribution in [3.05, 3.63) is 29.3 Å². The van der Waals surface area contributed by atoms with E-state index >= 15 is 0 Å². The van der Waals surface area contributed by atoms with E-state index in [1.165, 1.54) is 11.8 Å². The molecular weight excluding hydrogens is 386 g/mol. The molecule has 1 atom stereocenters. The molecule has 0 bridgehead atoms. The van der Waals surface area contributed by atoms with Crippen LogP contribution in [0.4, 0.5) is 10.5 Å². The first kappa shape index (κ1) is 21.8. The SMILES string of the molecule is Cc1ccc(C)c(NC(=O)[C@H](C)OC(=O)CCCN2C(=O)NC3(CCCC3)C2=O)c1. The van der Waals surface area contributed by atoms with E-state index in [4.69, 9.17) is 4.74 Å². The minimum absolute atomic E-state index is 0.0190. The maximum Gasteiger partial charge on any atom is 0.325 e. The highest BCUT2D eigenvalue weighted by Gasteiger charge is 2.52. The number of hydrogen-bond acceptors (Lipinski definition) is 5. The van der Waals surface area contributed by atoms with Crippen molar-refractivity contribution in [2.75, 3.05) is 11.9 Å². The molecule has 1 saturated heterocycles. The van der Waals surface area contributed by atoms with Crippen molar-refractivity contribution >= 4 is 29.5 Å². The largest absolute Gasteiger partial charge is 0.453 e. The second-order valence-electron chi connectivity index (χ2n) is 8.22. The van der Waals surface area contributed by atoms with Crippen molar-refractivity contribution in [3.8, 4) is 0 Å². The van der Waals surface area contributed by atoms with Crippen LogP contribution >= 0.6 is 0 Å². The number of aryl methyl sites for hydroxylation is 2. The van der Waals surface area contributed by atoms with Crippen LogP contribution in [-0.2, 0) is 19.1 Å². The zero-order valence-corrected chi connectivity index (χ0v) is 17.7. The van der Waals surface area contributed by atoms with E-state index in [1.54, 1.807) is 0 Å². The van der Waals surface area contributed by atoms with E-state index in [2.05, 4.69) is 10.6 Å². The number of rotatable bonds is 7. The van der Waals surface area contributed by atoms with Crippen molar-refractivity contribution in [3.63, 3.8) is 0 Å².